The second-order valence-electron chi connectivity index (χ2n) is 5.14. The fourth-order valence-corrected chi connectivity index (χ4v) is 2.84. The molecule has 1 N–H and O–H groups in total. The van der Waals surface area contributed by atoms with Gasteiger partial charge in [-0.3, -0.25) is 4.90 Å². The van der Waals surface area contributed by atoms with E-state index in [0.29, 0.717) is 6.04 Å². The monoisotopic (exact) mass is 248 g/mol. The van der Waals surface area contributed by atoms with Crippen LogP contribution in [0, 0.1) is 0 Å². The predicted octanol–water partition coefficient (Wildman–Crippen LogP) is 2.18. The molecular weight excluding hydrogens is 224 g/mol. The zero-order chi connectivity index (χ0) is 13.1. The maximum atomic E-state index is 5.49. The van der Waals surface area contributed by atoms with Crippen LogP contribution in [0.1, 0.15) is 30.0 Å². The number of hydrogen-bond acceptors (Lipinski definition) is 3. The highest BCUT2D eigenvalue weighted by Gasteiger charge is 2.23. The van der Waals surface area contributed by atoms with Crippen LogP contribution in [0.4, 0.5) is 0 Å². The molecule has 3 nitrogen and oxygen atoms in total. The van der Waals surface area contributed by atoms with Crippen molar-refractivity contribution in [3.8, 4) is 5.75 Å². The van der Waals surface area contributed by atoms with E-state index in [9.17, 15) is 0 Å². The summed E-state index contributed by atoms with van der Waals surface area (Å²) in [6.07, 6.45) is 2.37. The second-order valence-corrected chi connectivity index (χ2v) is 5.14. The average molecular weight is 248 g/mol. The average Bonchev–Trinajstić information content (AvgIpc) is 2.38. The topological polar surface area (TPSA) is 24.5 Å². The smallest absolute Gasteiger partial charge is 0.123 e. The molecule has 18 heavy (non-hydrogen) atoms. The summed E-state index contributed by atoms with van der Waals surface area (Å²) in [5.41, 5.74) is 4.17. The molecule has 0 aromatic heterocycles. The lowest BCUT2D eigenvalue weighted by atomic mass is 9.91. The van der Waals surface area contributed by atoms with Gasteiger partial charge in [0.05, 0.1) is 7.11 Å². The van der Waals surface area contributed by atoms with Gasteiger partial charge in [-0.1, -0.05) is 13.0 Å². The van der Waals surface area contributed by atoms with E-state index in [2.05, 4.69) is 36.3 Å². The summed E-state index contributed by atoms with van der Waals surface area (Å²) in [5.74, 6) is 1.01. The van der Waals surface area contributed by atoms with E-state index in [1.807, 2.05) is 7.05 Å². The van der Waals surface area contributed by atoms with E-state index >= 15 is 0 Å². The van der Waals surface area contributed by atoms with Crippen molar-refractivity contribution < 1.29 is 4.74 Å². The molecule has 0 amide bonds. The first kappa shape index (κ1) is 13.4. The molecular formula is C15H24N2O. The van der Waals surface area contributed by atoms with Crippen LogP contribution in [0.3, 0.4) is 0 Å². The lowest BCUT2D eigenvalue weighted by Crippen LogP contribution is -2.37. The number of hydrogen-bond donors (Lipinski definition) is 1. The third-order valence-corrected chi connectivity index (χ3v) is 3.94. The minimum atomic E-state index is 0.674. The summed E-state index contributed by atoms with van der Waals surface area (Å²) in [6.45, 7) is 4.16. The van der Waals surface area contributed by atoms with Gasteiger partial charge in [0.2, 0.25) is 0 Å². The summed E-state index contributed by atoms with van der Waals surface area (Å²) < 4.78 is 5.49. The van der Waals surface area contributed by atoms with Gasteiger partial charge in [0.15, 0.2) is 0 Å². The second kappa shape index (κ2) is 5.72. The Kier molecular flexibility index (Phi) is 4.25. The van der Waals surface area contributed by atoms with Crippen LogP contribution in [0.2, 0.25) is 0 Å². The van der Waals surface area contributed by atoms with Crippen LogP contribution in [0.5, 0.6) is 5.75 Å². The molecule has 0 spiro atoms. The number of fused-ring (bicyclic) bond motifs is 1. The lowest BCUT2D eigenvalue weighted by molar-refractivity contribution is 0.209. The molecule has 2 rings (SSSR count). The molecule has 1 heterocycles. The number of benzene rings is 1. The molecule has 0 saturated carbocycles. The third-order valence-electron chi connectivity index (χ3n) is 3.94. The van der Waals surface area contributed by atoms with E-state index < -0.39 is 0 Å². The van der Waals surface area contributed by atoms with Gasteiger partial charge in [0.1, 0.15) is 5.75 Å². The van der Waals surface area contributed by atoms with E-state index in [0.717, 1.165) is 25.3 Å². The maximum absolute atomic E-state index is 5.49. The summed E-state index contributed by atoms with van der Waals surface area (Å²) >= 11 is 0. The quantitative estimate of drug-likeness (QED) is 0.884. The molecule has 0 saturated heterocycles. The number of rotatable bonds is 4. The van der Waals surface area contributed by atoms with Gasteiger partial charge in [-0.05, 0) is 44.1 Å². The highest BCUT2D eigenvalue weighted by Crippen LogP contribution is 2.30. The standard InChI is InChI=1S/C15H24N2O/c1-5-14-7-11-6-12(9-16-2)15(18-4)8-13(11)10-17(14)3/h6,8,14,16H,5,7,9-10H2,1-4H3. The van der Waals surface area contributed by atoms with Gasteiger partial charge in [-0.15, -0.1) is 0 Å². The van der Waals surface area contributed by atoms with E-state index in [1.54, 1.807) is 7.11 Å². The van der Waals surface area contributed by atoms with Crippen LogP contribution in [0.25, 0.3) is 0 Å². The number of methoxy groups -OCH3 is 1. The molecule has 0 bridgehead atoms. The minimum absolute atomic E-state index is 0.674. The third kappa shape index (κ3) is 2.52. The molecule has 0 aliphatic carbocycles. The van der Waals surface area contributed by atoms with Crippen molar-refractivity contribution in [2.45, 2.75) is 38.9 Å². The van der Waals surface area contributed by atoms with Crippen LogP contribution in [-0.2, 0) is 19.5 Å². The first-order chi connectivity index (χ1) is 8.69. The van der Waals surface area contributed by atoms with Crippen molar-refractivity contribution in [3.63, 3.8) is 0 Å². The Hall–Kier alpha value is -1.06. The summed E-state index contributed by atoms with van der Waals surface area (Å²) in [6, 6.07) is 5.21. The highest BCUT2D eigenvalue weighted by molar-refractivity contribution is 5.44. The lowest BCUT2D eigenvalue weighted by Gasteiger charge is -2.34. The van der Waals surface area contributed by atoms with Gasteiger partial charge in [0, 0.05) is 24.7 Å². The fraction of sp³-hybridized carbons (Fsp3) is 0.600. The Morgan fingerprint density at radius 1 is 1.39 bits per heavy atom. The Balaban J connectivity index is 2.35. The van der Waals surface area contributed by atoms with Gasteiger partial charge in [0.25, 0.3) is 0 Å². The van der Waals surface area contributed by atoms with Gasteiger partial charge >= 0.3 is 0 Å². The zero-order valence-electron chi connectivity index (χ0n) is 11.9. The molecule has 100 valence electrons. The number of nitrogens with one attached hydrogen (secondary N) is 1. The first-order valence-electron chi connectivity index (χ1n) is 6.73. The molecule has 0 radical (unpaired) electrons. The predicted molar refractivity (Wildman–Crippen MR) is 75.0 cm³/mol. The van der Waals surface area contributed by atoms with Gasteiger partial charge in [-0.2, -0.15) is 0 Å². The molecule has 0 fully saturated rings. The van der Waals surface area contributed by atoms with E-state index in [1.165, 1.54) is 23.1 Å². The molecule has 1 atom stereocenters. The van der Waals surface area contributed by atoms with Crippen LogP contribution >= 0.6 is 0 Å². The first-order valence-corrected chi connectivity index (χ1v) is 6.73. The largest absolute Gasteiger partial charge is 0.496 e. The van der Waals surface area contributed by atoms with E-state index in [-0.39, 0.29) is 0 Å². The van der Waals surface area contributed by atoms with Crippen molar-refractivity contribution in [3.05, 3.63) is 28.8 Å². The summed E-state index contributed by atoms with van der Waals surface area (Å²) in [5, 5.41) is 3.21. The number of nitrogens with zero attached hydrogens (tertiary/aromatic N) is 1. The van der Waals surface area contributed by atoms with Crippen molar-refractivity contribution in [2.75, 3.05) is 21.2 Å². The molecule has 1 aromatic carbocycles. The minimum Gasteiger partial charge on any atom is -0.496 e. The fourth-order valence-electron chi connectivity index (χ4n) is 2.84. The Bertz CT molecular complexity index is 417. The SMILES string of the molecule is CCC1Cc2cc(CNC)c(OC)cc2CN1C. The van der Waals surface area contributed by atoms with Gasteiger partial charge < -0.3 is 10.1 Å². The number of ether oxygens (including phenoxy) is 1. The van der Waals surface area contributed by atoms with Crippen LogP contribution < -0.4 is 10.1 Å². The Morgan fingerprint density at radius 2 is 2.17 bits per heavy atom. The van der Waals surface area contributed by atoms with Crippen LogP contribution in [0.15, 0.2) is 12.1 Å². The molecule has 3 heteroatoms. The molecule has 1 aliphatic rings. The Morgan fingerprint density at radius 3 is 2.78 bits per heavy atom. The van der Waals surface area contributed by atoms with Crippen molar-refractivity contribution in [2.24, 2.45) is 0 Å². The molecule has 1 unspecified atom stereocenters. The molecule has 1 aromatic rings. The van der Waals surface area contributed by atoms with Crippen molar-refractivity contribution >= 4 is 0 Å². The number of likely N-dealkylation sites (N-methyl/N-ethyl adjacent to an activating group) is 1. The zero-order valence-corrected chi connectivity index (χ0v) is 11.9. The van der Waals surface area contributed by atoms with Crippen LogP contribution in [-0.4, -0.2) is 32.1 Å². The summed E-state index contributed by atoms with van der Waals surface area (Å²) in [7, 11) is 5.94. The summed E-state index contributed by atoms with van der Waals surface area (Å²) in [4.78, 5) is 2.44. The highest BCUT2D eigenvalue weighted by atomic mass is 16.5. The van der Waals surface area contributed by atoms with Gasteiger partial charge in [-0.25, -0.2) is 0 Å². The Labute approximate surface area is 110 Å². The normalized spacial score (nSPS) is 19.7. The van der Waals surface area contributed by atoms with Crippen molar-refractivity contribution in [1.82, 2.24) is 10.2 Å². The van der Waals surface area contributed by atoms with E-state index in [4.69, 9.17) is 4.74 Å². The van der Waals surface area contributed by atoms with Crippen molar-refractivity contribution in [1.29, 1.82) is 0 Å². The maximum Gasteiger partial charge on any atom is 0.123 e. The molecule has 1 aliphatic heterocycles.